The summed E-state index contributed by atoms with van der Waals surface area (Å²) in [4.78, 5) is 28.1. The number of aromatic nitrogens is 5. The summed E-state index contributed by atoms with van der Waals surface area (Å²) in [6.45, 7) is 0. The van der Waals surface area contributed by atoms with Gasteiger partial charge in [0.25, 0.3) is 5.91 Å². The van der Waals surface area contributed by atoms with E-state index < -0.39 is 5.69 Å². The Morgan fingerprint density at radius 1 is 1.48 bits per heavy atom. The second-order valence-corrected chi connectivity index (χ2v) is 5.83. The number of alkyl halides is 1. The number of aryl methyl sites for hydroxylation is 1. The maximum Gasteiger partial charge on any atom is 0.352 e. The molecule has 9 heteroatoms. The Hall–Kier alpha value is -1.96. The molecule has 3 rings (SSSR count). The van der Waals surface area contributed by atoms with Gasteiger partial charge >= 0.3 is 5.69 Å². The second kappa shape index (κ2) is 5.44. The van der Waals surface area contributed by atoms with Gasteiger partial charge in [-0.05, 0) is 25.7 Å². The van der Waals surface area contributed by atoms with Crippen LogP contribution in [0.15, 0.2) is 11.1 Å². The standard InChI is InChI=1S/C12H15ClN6O2/c1-18-12(21)19-6-14-9(10(19)16-17-18)11(20)15-8-4-2-3-7(13)5-8/h6-8H,2-5H2,1H3,(H,15,20). The number of nitrogens with one attached hydrogen (secondary N) is 1. The van der Waals surface area contributed by atoms with Crippen LogP contribution in [0.25, 0.3) is 5.65 Å². The van der Waals surface area contributed by atoms with Gasteiger partial charge in [-0.25, -0.2) is 14.2 Å². The Kier molecular flexibility index (Phi) is 3.62. The highest BCUT2D eigenvalue weighted by Crippen LogP contribution is 2.23. The second-order valence-electron chi connectivity index (χ2n) is 5.22. The molecule has 0 spiro atoms. The molecule has 0 aliphatic heterocycles. The van der Waals surface area contributed by atoms with Gasteiger partial charge < -0.3 is 5.32 Å². The molecular formula is C12H15ClN6O2. The van der Waals surface area contributed by atoms with Crippen molar-refractivity contribution in [2.45, 2.75) is 37.1 Å². The molecule has 1 amide bonds. The molecule has 0 bridgehead atoms. The van der Waals surface area contributed by atoms with E-state index in [0.29, 0.717) is 0 Å². The van der Waals surface area contributed by atoms with Crippen LogP contribution in [0.1, 0.15) is 36.2 Å². The maximum absolute atomic E-state index is 12.3. The molecule has 8 nitrogen and oxygen atoms in total. The average molecular weight is 311 g/mol. The molecule has 1 fully saturated rings. The lowest BCUT2D eigenvalue weighted by molar-refractivity contribution is 0.0925. The van der Waals surface area contributed by atoms with E-state index in [2.05, 4.69) is 20.6 Å². The monoisotopic (exact) mass is 310 g/mol. The number of hydrogen-bond acceptors (Lipinski definition) is 5. The molecule has 0 saturated heterocycles. The number of carbonyl (C=O) groups excluding carboxylic acids is 1. The number of halogens is 1. The smallest absolute Gasteiger partial charge is 0.348 e. The molecule has 1 aliphatic rings. The van der Waals surface area contributed by atoms with Crippen molar-refractivity contribution in [3.63, 3.8) is 0 Å². The summed E-state index contributed by atoms with van der Waals surface area (Å²) in [5, 5.41) is 10.5. The molecule has 0 aromatic carbocycles. The zero-order valence-electron chi connectivity index (χ0n) is 11.5. The Balaban J connectivity index is 1.85. The van der Waals surface area contributed by atoms with Gasteiger partial charge in [0.2, 0.25) is 0 Å². The summed E-state index contributed by atoms with van der Waals surface area (Å²) in [5.41, 5.74) is -0.129. The van der Waals surface area contributed by atoms with E-state index in [1.54, 1.807) is 0 Å². The largest absolute Gasteiger partial charge is 0.352 e. The first kappa shape index (κ1) is 14.0. The first-order valence-corrected chi connectivity index (χ1v) is 7.22. The molecule has 2 aromatic rings. The van der Waals surface area contributed by atoms with Gasteiger partial charge in [0.05, 0.1) is 0 Å². The van der Waals surface area contributed by atoms with Crippen molar-refractivity contribution < 1.29 is 4.79 Å². The van der Waals surface area contributed by atoms with Gasteiger partial charge in [-0.2, -0.15) is 4.68 Å². The van der Waals surface area contributed by atoms with Gasteiger partial charge in [0.15, 0.2) is 11.3 Å². The minimum Gasteiger partial charge on any atom is -0.348 e. The first-order valence-electron chi connectivity index (χ1n) is 6.78. The van der Waals surface area contributed by atoms with Crippen molar-refractivity contribution in [2.24, 2.45) is 7.05 Å². The number of fused-ring (bicyclic) bond motifs is 1. The minimum atomic E-state index is -0.398. The molecule has 0 radical (unpaired) electrons. The number of rotatable bonds is 2. The summed E-state index contributed by atoms with van der Waals surface area (Å²) in [6, 6.07) is 0.0324. The molecule has 2 unspecified atom stereocenters. The van der Waals surface area contributed by atoms with Gasteiger partial charge in [-0.1, -0.05) is 5.21 Å². The third-order valence-corrected chi connectivity index (χ3v) is 4.06. The molecule has 2 atom stereocenters. The lowest BCUT2D eigenvalue weighted by atomic mass is 9.95. The van der Waals surface area contributed by atoms with E-state index in [-0.39, 0.29) is 28.7 Å². The number of carbonyl (C=O) groups is 1. The van der Waals surface area contributed by atoms with E-state index >= 15 is 0 Å². The zero-order valence-corrected chi connectivity index (χ0v) is 12.2. The molecule has 1 N–H and O–H groups in total. The summed E-state index contributed by atoms with van der Waals surface area (Å²) in [6.07, 6.45) is 4.89. The fourth-order valence-electron chi connectivity index (χ4n) is 2.56. The van der Waals surface area contributed by atoms with Crippen molar-refractivity contribution in [1.82, 2.24) is 29.7 Å². The van der Waals surface area contributed by atoms with Gasteiger partial charge in [-0.3, -0.25) is 4.79 Å². The van der Waals surface area contributed by atoms with Crippen LogP contribution in [-0.2, 0) is 7.05 Å². The van der Waals surface area contributed by atoms with E-state index in [1.165, 1.54) is 17.8 Å². The Morgan fingerprint density at radius 2 is 2.29 bits per heavy atom. The summed E-state index contributed by atoms with van der Waals surface area (Å²) in [7, 11) is 1.48. The van der Waals surface area contributed by atoms with E-state index in [1.807, 2.05) is 0 Å². The topological polar surface area (TPSA) is 94.2 Å². The molecule has 21 heavy (non-hydrogen) atoms. The molecule has 1 saturated carbocycles. The van der Waals surface area contributed by atoms with Gasteiger partial charge in [-0.15, -0.1) is 16.7 Å². The Labute approximate surface area is 125 Å². The number of nitrogens with zero attached hydrogens (tertiary/aromatic N) is 5. The average Bonchev–Trinajstić information content (AvgIpc) is 2.87. The molecule has 2 aromatic heterocycles. The highest BCUT2D eigenvalue weighted by molar-refractivity contribution is 6.20. The van der Waals surface area contributed by atoms with Gasteiger partial charge in [0, 0.05) is 18.5 Å². The highest BCUT2D eigenvalue weighted by Gasteiger charge is 2.24. The van der Waals surface area contributed by atoms with Crippen LogP contribution in [0.3, 0.4) is 0 Å². The lowest BCUT2D eigenvalue weighted by Gasteiger charge is -2.25. The van der Waals surface area contributed by atoms with Crippen LogP contribution in [-0.4, -0.2) is 41.7 Å². The quantitative estimate of drug-likeness (QED) is 0.794. The SMILES string of the molecule is Cn1nnc2c(C(=O)NC3CCCC(Cl)C3)ncn2c1=O. The van der Waals surface area contributed by atoms with Crippen molar-refractivity contribution in [2.75, 3.05) is 0 Å². The lowest BCUT2D eigenvalue weighted by Crippen LogP contribution is -2.39. The summed E-state index contributed by atoms with van der Waals surface area (Å²) < 4.78 is 2.28. The predicted molar refractivity (Wildman–Crippen MR) is 75.4 cm³/mol. The molecular weight excluding hydrogens is 296 g/mol. The van der Waals surface area contributed by atoms with Gasteiger partial charge in [0.1, 0.15) is 6.33 Å². The van der Waals surface area contributed by atoms with Crippen molar-refractivity contribution in [3.05, 3.63) is 22.5 Å². The van der Waals surface area contributed by atoms with Crippen molar-refractivity contribution in [3.8, 4) is 0 Å². The van der Waals surface area contributed by atoms with E-state index in [0.717, 1.165) is 30.4 Å². The van der Waals surface area contributed by atoms with Crippen molar-refractivity contribution in [1.29, 1.82) is 0 Å². The Morgan fingerprint density at radius 3 is 3.05 bits per heavy atom. The fraction of sp³-hybridized carbons (Fsp3) is 0.583. The van der Waals surface area contributed by atoms with Crippen LogP contribution < -0.4 is 11.0 Å². The Bertz CT molecular complexity index is 739. The van der Waals surface area contributed by atoms with E-state index in [9.17, 15) is 9.59 Å². The van der Waals surface area contributed by atoms with Crippen molar-refractivity contribution >= 4 is 23.2 Å². The molecule has 1 aliphatic carbocycles. The fourth-order valence-corrected chi connectivity index (χ4v) is 2.93. The van der Waals surface area contributed by atoms with Crippen LogP contribution in [0, 0.1) is 0 Å². The third-order valence-electron chi connectivity index (χ3n) is 3.66. The predicted octanol–water partition coefficient (Wildman–Crippen LogP) is 0.103. The van der Waals surface area contributed by atoms with Crippen LogP contribution in [0.5, 0.6) is 0 Å². The summed E-state index contributed by atoms with van der Waals surface area (Å²) in [5.74, 6) is -0.351. The third kappa shape index (κ3) is 2.63. The normalized spacial score (nSPS) is 22.4. The highest BCUT2D eigenvalue weighted by atomic mass is 35.5. The molecule has 112 valence electrons. The zero-order chi connectivity index (χ0) is 15.0. The maximum atomic E-state index is 12.3. The molecule has 2 heterocycles. The first-order chi connectivity index (χ1) is 10.1. The number of imidazole rings is 1. The number of hydrogen-bond donors (Lipinski definition) is 1. The van der Waals surface area contributed by atoms with Crippen LogP contribution in [0.4, 0.5) is 0 Å². The van der Waals surface area contributed by atoms with Crippen LogP contribution in [0.2, 0.25) is 0 Å². The summed E-state index contributed by atoms with van der Waals surface area (Å²) >= 11 is 6.12. The van der Waals surface area contributed by atoms with E-state index in [4.69, 9.17) is 11.6 Å². The number of amides is 1. The van der Waals surface area contributed by atoms with Crippen LogP contribution >= 0.6 is 11.6 Å². The minimum absolute atomic E-state index is 0.0324.